The van der Waals surface area contributed by atoms with E-state index in [9.17, 15) is 4.79 Å². The lowest BCUT2D eigenvalue weighted by Crippen LogP contribution is -2.32. The van der Waals surface area contributed by atoms with Crippen LogP contribution < -0.4 is 5.32 Å². The molecule has 0 unspecified atom stereocenters. The molecule has 2 nitrogen and oxygen atoms in total. The summed E-state index contributed by atoms with van der Waals surface area (Å²) < 4.78 is 0.331. The fraction of sp³-hybridized carbons (Fsp3) is 0.571. The number of piperidine rings is 1. The third kappa shape index (κ3) is 1.05. The van der Waals surface area contributed by atoms with Crippen molar-refractivity contribution in [2.45, 2.75) is 18.9 Å². The molecule has 1 saturated carbocycles. The Hall–Kier alpha value is -0.210. The zero-order chi connectivity index (χ0) is 8.01. The van der Waals surface area contributed by atoms with Crippen LogP contribution >= 0.6 is 23.2 Å². The summed E-state index contributed by atoms with van der Waals surface area (Å²) in [6.45, 7) is 0. The molecule has 11 heavy (non-hydrogen) atoms. The minimum absolute atomic E-state index is 0.123. The molecule has 2 rings (SSSR count). The van der Waals surface area contributed by atoms with Crippen molar-refractivity contribution in [1.82, 2.24) is 5.32 Å². The van der Waals surface area contributed by atoms with E-state index < -0.39 is 0 Å². The van der Waals surface area contributed by atoms with Crippen molar-refractivity contribution in [3.63, 3.8) is 0 Å². The predicted molar refractivity (Wildman–Crippen MR) is 43.4 cm³/mol. The highest BCUT2D eigenvalue weighted by atomic mass is 35.5. The quantitative estimate of drug-likeness (QED) is 0.620. The van der Waals surface area contributed by atoms with Crippen LogP contribution in [0.25, 0.3) is 0 Å². The highest BCUT2D eigenvalue weighted by Crippen LogP contribution is 2.39. The van der Waals surface area contributed by atoms with Gasteiger partial charge in [0.25, 0.3) is 0 Å². The zero-order valence-corrected chi connectivity index (χ0v) is 7.24. The molecule has 1 aliphatic heterocycles. The molecule has 0 aromatic carbocycles. The molecule has 2 bridgehead atoms. The third-order valence-electron chi connectivity index (χ3n) is 2.34. The molecule has 2 atom stereocenters. The molecule has 1 saturated heterocycles. The van der Waals surface area contributed by atoms with Crippen LogP contribution in [0.4, 0.5) is 0 Å². The standard InChI is InChI=1S/C7H7Cl2NO/c8-6(9)4-1-3-2-5(4)10-7(3)11/h3,5H,1-2H2,(H,10,11)/t3-,5-/m0/s1. The van der Waals surface area contributed by atoms with Gasteiger partial charge in [0, 0.05) is 5.92 Å². The van der Waals surface area contributed by atoms with Gasteiger partial charge in [-0.1, -0.05) is 23.2 Å². The van der Waals surface area contributed by atoms with E-state index in [1.807, 2.05) is 0 Å². The number of carbonyl (C=O) groups is 1. The molecule has 1 aliphatic carbocycles. The molecule has 1 amide bonds. The van der Waals surface area contributed by atoms with Gasteiger partial charge in [0.2, 0.25) is 5.91 Å². The summed E-state index contributed by atoms with van der Waals surface area (Å²) in [5.41, 5.74) is 0.998. The van der Waals surface area contributed by atoms with Crippen LogP contribution in [0, 0.1) is 5.92 Å². The first-order chi connectivity index (χ1) is 5.18. The summed E-state index contributed by atoms with van der Waals surface area (Å²) in [4.78, 5) is 11.0. The second-order valence-electron chi connectivity index (χ2n) is 2.98. The van der Waals surface area contributed by atoms with Crippen LogP contribution in [-0.4, -0.2) is 11.9 Å². The monoisotopic (exact) mass is 191 g/mol. The Balaban J connectivity index is 2.27. The summed E-state index contributed by atoms with van der Waals surface area (Å²) in [5.74, 6) is 0.274. The molecule has 0 aromatic rings. The van der Waals surface area contributed by atoms with E-state index in [4.69, 9.17) is 23.2 Å². The molecule has 0 radical (unpaired) electrons. The molecule has 2 aliphatic rings. The Bertz CT molecular complexity index is 245. The first-order valence-corrected chi connectivity index (χ1v) is 4.28. The molecular formula is C7H7Cl2NO. The summed E-state index contributed by atoms with van der Waals surface area (Å²) in [7, 11) is 0. The van der Waals surface area contributed by atoms with Gasteiger partial charge in [0.15, 0.2) is 0 Å². The van der Waals surface area contributed by atoms with Crippen LogP contribution in [0.2, 0.25) is 0 Å². The van der Waals surface area contributed by atoms with Gasteiger partial charge >= 0.3 is 0 Å². The number of rotatable bonds is 0. The number of hydrogen-bond acceptors (Lipinski definition) is 1. The first-order valence-electron chi connectivity index (χ1n) is 3.53. The summed E-state index contributed by atoms with van der Waals surface area (Å²) in [5, 5.41) is 2.82. The Morgan fingerprint density at radius 1 is 1.55 bits per heavy atom. The van der Waals surface area contributed by atoms with Gasteiger partial charge in [-0.2, -0.15) is 0 Å². The van der Waals surface area contributed by atoms with Crippen molar-refractivity contribution >= 4 is 29.1 Å². The molecule has 1 N–H and O–H groups in total. The predicted octanol–water partition coefficient (Wildman–Crippen LogP) is 1.58. The van der Waals surface area contributed by atoms with Crippen LogP contribution in [0.15, 0.2) is 10.1 Å². The summed E-state index contributed by atoms with van der Waals surface area (Å²) >= 11 is 11.2. The van der Waals surface area contributed by atoms with Crippen LogP contribution in [0.3, 0.4) is 0 Å². The van der Waals surface area contributed by atoms with Crippen molar-refractivity contribution in [2.75, 3.05) is 0 Å². The minimum atomic E-state index is 0.123. The normalized spacial score (nSPS) is 34.4. The van der Waals surface area contributed by atoms with E-state index in [1.54, 1.807) is 0 Å². The number of amides is 1. The first kappa shape index (κ1) is 7.44. The maximum atomic E-state index is 11.0. The van der Waals surface area contributed by atoms with Gasteiger partial charge in [-0.05, 0) is 18.4 Å². The lowest BCUT2D eigenvalue weighted by atomic mass is 10.1. The minimum Gasteiger partial charge on any atom is -0.349 e. The Morgan fingerprint density at radius 2 is 2.27 bits per heavy atom. The maximum absolute atomic E-state index is 11.0. The Labute approximate surface area is 74.5 Å². The van der Waals surface area contributed by atoms with E-state index >= 15 is 0 Å². The fourth-order valence-electron chi connectivity index (χ4n) is 1.76. The lowest BCUT2D eigenvalue weighted by molar-refractivity contribution is -0.123. The highest BCUT2D eigenvalue weighted by molar-refractivity contribution is 6.56. The van der Waals surface area contributed by atoms with Gasteiger partial charge in [-0.3, -0.25) is 4.79 Å². The number of hydrogen-bond donors (Lipinski definition) is 1. The average molecular weight is 192 g/mol. The molecule has 0 aromatic heterocycles. The van der Waals surface area contributed by atoms with E-state index in [0.29, 0.717) is 4.49 Å². The molecule has 4 heteroatoms. The number of nitrogens with one attached hydrogen (secondary N) is 1. The van der Waals surface area contributed by atoms with Gasteiger partial charge in [0.1, 0.15) is 4.49 Å². The SMILES string of the molecule is O=C1N[C@H]2C[C@@H]1CC2=C(Cl)Cl. The topological polar surface area (TPSA) is 29.1 Å². The Kier molecular flexibility index (Phi) is 1.62. The molecule has 2 fully saturated rings. The molecule has 1 heterocycles. The third-order valence-corrected chi connectivity index (χ3v) is 2.82. The van der Waals surface area contributed by atoms with Crippen molar-refractivity contribution in [3.8, 4) is 0 Å². The van der Waals surface area contributed by atoms with Crippen LogP contribution in [0.1, 0.15) is 12.8 Å². The molecular weight excluding hydrogens is 185 g/mol. The molecule has 60 valence electrons. The van der Waals surface area contributed by atoms with Gasteiger partial charge in [-0.25, -0.2) is 0 Å². The van der Waals surface area contributed by atoms with Crippen LogP contribution in [0.5, 0.6) is 0 Å². The van der Waals surface area contributed by atoms with E-state index in [2.05, 4.69) is 5.32 Å². The lowest BCUT2D eigenvalue weighted by Gasteiger charge is -2.14. The van der Waals surface area contributed by atoms with Crippen molar-refractivity contribution in [1.29, 1.82) is 0 Å². The number of halogens is 2. The summed E-state index contributed by atoms with van der Waals surface area (Å²) in [6.07, 6.45) is 1.62. The van der Waals surface area contributed by atoms with Crippen molar-refractivity contribution in [2.24, 2.45) is 5.92 Å². The zero-order valence-electron chi connectivity index (χ0n) is 5.73. The average Bonchev–Trinajstić information content (AvgIpc) is 2.43. The second kappa shape index (κ2) is 2.39. The van der Waals surface area contributed by atoms with Crippen LogP contribution in [-0.2, 0) is 4.79 Å². The van der Waals surface area contributed by atoms with Gasteiger partial charge in [-0.15, -0.1) is 0 Å². The van der Waals surface area contributed by atoms with E-state index in [-0.39, 0.29) is 17.9 Å². The number of fused-ring (bicyclic) bond motifs is 2. The molecule has 0 spiro atoms. The number of carbonyl (C=O) groups excluding carboxylic acids is 1. The van der Waals surface area contributed by atoms with E-state index in [1.165, 1.54) is 0 Å². The second-order valence-corrected chi connectivity index (χ2v) is 3.93. The maximum Gasteiger partial charge on any atom is 0.223 e. The largest absolute Gasteiger partial charge is 0.349 e. The van der Waals surface area contributed by atoms with Crippen molar-refractivity contribution in [3.05, 3.63) is 10.1 Å². The van der Waals surface area contributed by atoms with Gasteiger partial charge in [0.05, 0.1) is 6.04 Å². The highest BCUT2D eigenvalue weighted by Gasteiger charge is 2.42. The van der Waals surface area contributed by atoms with E-state index in [0.717, 1.165) is 18.4 Å². The Morgan fingerprint density at radius 3 is 2.64 bits per heavy atom. The smallest absolute Gasteiger partial charge is 0.223 e. The van der Waals surface area contributed by atoms with Gasteiger partial charge < -0.3 is 5.32 Å². The fourth-order valence-corrected chi connectivity index (χ4v) is 2.18. The van der Waals surface area contributed by atoms with Crippen molar-refractivity contribution < 1.29 is 4.79 Å². The summed E-state index contributed by atoms with van der Waals surface area (Å²) in [6, 6.07) is 0.123.